The van der Waals surface area contributed by atoms with Crippen molar-refractivity contribution in [1.29, 1.82) is 0 Å². The van der Waals surface area contributed by atoms with Gasteiger partial charge in [0.15, 0.2) is 0 Å². The smallest absolute Gasteiger partial charge is 0.340 e. The SMILES string of the molecule is CCOC(=O)c1cc2c3ccccc3[nH]c2c2cccnc12. The van der Waals surface area contributed by atoms with Crippen LogP contribution in [0.2, 0.25) is 0 Å². The minimum Gasteiger partial charge on any atom is -0.462 e. The van der Waals surface area contributed by atoms with Crippen LogP contribution in [-0.4, -0.2) is 22.5 Å². The molecular weight excluding hydrogens is 276 g/mol. The average Bonchev–Trinajstić information content (AvgIpc) is 2.93. The second-order valence-electron chi connectivity index (χ2n) is 5.14. The Hall–Kier alpha value is -2.88. The predicted octanol–water partition coefficient (Wildman–Crippen LogP) is 4.05. The summed E-state index contributed by atoms with van der Waals surface area (Å²) >= 11 is 0. The average molecular weight is 290 g/mol. The Kier molecular flexibility index (Phi) is 2.82. The molecule has 0 amide bonds. The summed E-state index contributed by atoms with van der Waals surface area (Å²) < 4.78 is 5.18. The number of aromatic nitrogens is 2. The van der Waals surface area contributed by atoms with E-state index in [-0.39, 0.29) is 5.97 Å². The maximum Gasteiger partial charge on any atom is 0.340 e. The summed E-state index contributed by atoms with van der Waals surface area (Å²) in [6.07, 6.45) is 1.69. The maximum absolute atomic E-state index is 12.3. The molecule has 0 fully saturated rings. The number of rotatable bonds is 2. The summed E-state index contributed by atoms with van der Waals surface area (Å²) in [7, 11) is 0. The number of ether oxygens (including phenoxy) is 1. The van der Waals surface area contributed by atoms with Crippen molar-refractivity contribution < 1.29 is 9.53 Å². The number of fused-ring (bicyclic) bond motifs is 5. The van der Waals surface area contributed by atoms with E-state index in [0.29, 0.717) is 17.7 Å². The summed E-state index contributed by atoms with van der Waals surface area (Å²) in [6.45, 7) is 2.15. The third kappa shape index (κ3) is 1.77. The van der Waals surface area contributed by atoms with Gasteiger partial charge in [-0.2, -0.15) is 0 Å². The summed E-state index contributed by atoms with van der Waals surface area (Å²) in [5.41, 5.74) is 3.22. The van der Waals surface area contributed by atoms with Gasteiger partial charge < -0.3 is 9.72 Å². The summed E-state index contributed by atoms with van der Waals surface area (Å²) in [5.74, 6) is -0.335. The molecule has 0 aliphatic rings. The van der Waals surface area contributed by atoms with Crippen molar-refractivity contribution >= 4 is 38.7 Å². The molecular formula is C18H14N2O2. The molecule has 0 bridgehead atoms. The molecule has 0 atom stereocenters. The van der Waals surface area contributed by atoms with E-state index >= 15 is 0 Å². The summed E-state index contributed by atoms with van der Waals surface area (Å²) in [4.78, 5) is 20.1. The van der Waals surface area contributed by atoms with Crippen molar-refractivity contribution in [2.75, 3.05) is 6.61 Å². The first-order valence-electron chi connectivity index (χ1n) is 7.25. The van der Waals surface area contributed by atoms with Crippen LogP contribution in [0.1, 0.15) is 17.3 Å². The maximum atomic E-state index is 12.3. The first-order chi connectivity index (χ1) is 10.8. The lowest BCUT2D eigenvalue weighted by Gasteiger charge is -2.06. The van der Waals surface area contributed by atoms with Crippen LogP contribution < -0.4 is 0 Å². The van der Waals surface area contributed by atoms with Gasteiger partial charge in [0.1, 0.15) is 0 Å². The number of aromatic amines is 1. The molecule has 4 rings (SSSR count). The van der Waals surface area contributed by atoms with E-state index in [1.54, 1.807) is 13.1 Å². The van der Waals surface area contributed by atoms with Crippen molar-refractivity contribution in [3.8, 4) is 0 Å². The molecule has 108 valence electrons. The summed E-state index contributed by atoms with van der Waals surface area (Å²) in [5, 5.41) is 3.03. The fourth-order valence-electron chi connectivity index (χ4n) is 2.92. The van der Waals surface area contributed by atoms with Crippen molar-refractivity contribution in [3.63, 3.8) is 0 Å². The molecule has 0 aliphatic carbocycles. The van der Waals surface area contributed by atoms with E-state index < -0.39 is 0 Å². The minimum absolute atomic E-state index is 0.335. The van der Waals surface area contributed by atoms with Crippen LogP contribution in [0.4, 0.5) is 0 Å². The Morgan fingerprint density at radius 2 is 1.95 bits per heavy atom. The number of hydrogen-bond acceptors (Lipinski definition) is 3. The Labute approximate surface area is 126 Å². The number of benzene rings is 2. The number of nitrogens with one attached hydrogen (secondary N) is 1. The number of nitrogens with zero attached hydrogens (tertiary/aromatic N) is 1. The number of hydrogen-bond donors (Lipinski definition) is 1. The second kappa shape index (κ2) is 4.84. The molecule has 22 heavy (non-hydrogen) atoms. The molecule has 0 radical (unpaired) electrons. The molecule has 0 aliphatic heterocycles. The molecule has 2 aromatic carbocycles. The van der Waals surface area contributed by atoms with Crippen LogP contribution in [0.3, 0.4) is 0 Å². The third-order valence-electron chi connectivity index (χ3n) is 3.86. The molecule has 2 aromatic heterocycles. The number of pyridine rings is 1. The van der Waals surface area contributed by atoms with Crippen molar-refractivity contribution in [2.24, 2.45) is 0 Å². The zero-order chi connectivity index (χ0) is 15.1. The van der Waals surface area contributed by atoms with E-state index in [9.17, 15) is 4.79 Å². The van der Waals surface area contributed by atoms with E-state index in [1.165, 1.54) is 0 Å². The fraction of sp³-hybridized carbons (Fsp3) is 0.111. The van der Waals surface area contributed by atoms with E-state index in [0.717, 1.165) is 27.2 Å². The van der Waals surface area contributed by atoms with E-state index in [4.69, 9.17) is 4.74 Å². The van der Waals surface area contributed by atoms with Gasteiger partial charge in [-0.3, -0.25) is 4.98 Å². The minimum atomic E-state index is -0.335. The van der Waals surface area contributed by atoms with Gasteiger partial charge in [0.25, 0.3) is 0 Å². The molecule has 2 heterocycles. The lowest BCUT2D eigenvalue weighted by atomic mass is 10.0. The number of para-hydroxylation sites is 1. The van der Waals surface area contributed by atoms with Crippen molar-refractivity contribution in [3.05, 3.63) is 54.2 Å². The normalized spacial score (nSPS) is 11.3. The molecule has 0 spiro atoms. The topological polar surface area (TPSA) is 55.0 Å². The molecule has 4 heteroatoms. The highest BCUT2D eigenvalue weighted by Gasteiger charge is 2.17. The van der Waals surface area contributed by atoms with Gasteiger partial charge in [-0.15, -0.1) is 0 Å². The van der Waals surface area contributed by atoms with E-state index in [2.05, 4.69) is 9.97 Å². The van der Waals surface area contributed by atoms with Crippen LogP contribution in [0.5, 0.6) is 0 Å². The van der Waals surface area contributed by atoms with Gasteiger partial charge in [0.2, 0.25) is 0 Å². The number of carbonyl (C=O) groups is 1. The van der Waals surface area contributed by atoms with Crippen LogP contribution in [0, 0.1) is 0 Å². The first kappa shape index (κ1) is 12.8. The quantitative estimate of drug-likeness (QED) is 0.567. The van der Waals surface area contributed by atoms with Gasteiger partial charge in [-0.25, -0.2) is 4.79 Å². The lowest BCUT2D eigenvalue weighted by Crippen LogP contribution is -2.06. The molecule has 4 nitrogen and oxygen atoms in total. The third-order valence-corrected chi connectivity index (χ3v) is 3.86. The molecule has 0 unspecified atom stereocenters. The number of esters is 1. The zero-order valence-electron chi connectivity index (χ0n) is 12.1. The molecule has 1 N–H and O–H groups in total. The lowest BCUT2D eigenvalue weighted by molar-refractivity contribution is 0.0528. The van der Waals surface area contributed by atoms with Crippen LogP contribution in [0.15, 0.2) is 48.7 Å². The van der Waals surface area contributed by atoms with Crippen LogP contribution in [0.25, 0.3) is 32.7 Å². The van der Waals surface area contributed by atoms with Crippen molar-refractivity contribution in [2.45, 2.75) is 6.92 Å². The Bertz CT molecular complexity index is 1020. The van der Waals surface area contributed by atoms with Gasteiger partial charge in [-0.1, -0.05) is 18.2 Å². The molecule has 0 saturated heterocycles. The van der Waals surface area contributed by atoms with Gasteiger partial charge in [-0.05, 0) is 31.2 Å². The highest BCUT2D eigenvalue weighted by atomic mass is 16.5. The zero-order valence-corrected chi connectivity index (χ0v) is 12.1. The molecule has 4 aromatic rings. The highest BCUT2D eigenvalue weighted by Crippen LogP contribution is 2.32. The Morgan fingerprint density at radius 1 is 1.14 bits per heavy atom. The highest BCUT2D eigenvalue weighted by molar-refractivity contribution is 6.20. The number of H-pyrrole nitrogens is 1. The van der Waals surface area contributed by atoms with Crippen molar-refractivity contribution in [1.82, 2.24) is 9.97 Å². The van der Waals surface area contributed by atoms with Gasteiger partial charge >= 0.3 is 5.97 Å². The first-order valence-corrected chi connectivity index (χ1v) is 7.25. The van der Waals surface area contributed by atoms with Crippen LogP contribution in [-0.2, 0) is 4.74 Å². The van der Waals surface area contributed by atoms with Gasteiger partial charge in [0.05, 0.1) is 23.2 Å². The fourth-order valence-corrected chi connectivity index (χ4v) is 2.92. The number of carbonyl (C=O) groups excluding carboxylic acids is 1. The predicted molar refractivity (Wildman–Crippen MR) is 87.1 cm³/mol. The van der Waals surface area contributed by atoms with E-state index in [1.807, 2.05) is 42.5 Å². The second-order valence-corrected chi connectivity index (χ2v) is 5.14. The van der Waals surface area contributed by atoms with Crippen LogP contribution >= 0.6 is 0 Å². The standard InChI is InChI=1S/C18H14N2O2/c1-2-22-18(21)14-10-13-11-6-3-4-8-15(11)20-17(13)12-7-5-9-19-16(12)14/h3-10,20H,2H2,1H3. The molecule has 0 saturated carbocycles. The largest absolute Gasteiger partial charge is 0.462 e. The summed E-state index contributed by atoms with van der Waals surface area (Å²) in [6, 6.07) is 13.8. The Morgan fingerprint density at radius 3 is 2.82 bits per heavy atom. The van der Waals surface area contributed by atoms with Gasteiger partial charge in [0, 0.05) is 27.9 Å². The Balaban J connectivity index is 2.17. The monoisotopic (exact) mass is 290 g/mol.